The van der Waals surface area contributed by atoms with Crippen LogP contribution in [0.1, 0.15) is 54.9 Å². The topological polar surface area (TPSA) is 92.2 Å². The predicted molar refractivity (Wildman–Crippen MR) is 67.8 cm³/mol. The number of carboxylic acids is 1. The summed E-state index contributed by atoms with van der Waals surface area (Å²) in [5, 5.41) is 15.4. The number of carbonyl (C=O) groups excluding carboxylic acids is 1. The Kier molecular flexibility index (Phi) is 5.21. The highest BCUT2D eigenvalue weighted by Gasteiger charge is 2.24. The van der Waals surface area contributed by atoms with E-state index in [0.29, 0.717) is 23.4 Å². The van der Waals surface area contributed by atoms with Gasteiger partial charge in [0, 0.05) is 0 Å². The summed E-state index contributed by atoms with van der Waals surface area (Å²) in [6.07, 6.45) is 1.10. The highest BCUT2D eigenvalue weighted by molar-refractivity contribution is 7.08. The Morgan fingerprint density at radius 1 is 1.44 bits per heavy atom. The summed E-state index contributed by atoms with van der Waals surface area (Å²) >= 11 is 0.992. The number of hydrogen-bond donors (Lipinski definition) is 2. The normalized spacial score (nSPS) is 12.4. The van der Waals surface area contributed by atoms with Gasteiger partial charge < -0.3 is 10.4 Å². The number of aromatic nitrogens is 2. The van der Waals surface area contributed by atoms with E-state index in [1.165, 1.54) is 0 Å². The second-order valence-electron chi connectivity index (χ2n) is 4.29. The molecule has 1 amide bonds. The van der Waals surface area contributed by atoms with Crippen molar-refractivity contribution < 1.29 is 14.7 Å². The maximum atomic E-state index is 12.0. The van der Waals surface area contributed by atoms with Gasteiger partial charge in [-0.2, -0.15) is 0 Å². The van der Waals surface area contributed by atoms with E-state index in [1.54, 1.807) is 0 Å². The number of carbonyl (C=O) groups is 2. The van der Waals surface area contributed by atoms with Gasteiger partial charge in [0.05, 0.1) is 5.69 Å². The third kappa shape index (κ3) is 3.49. The standard InChI is InChI=1S/C11H17N3O3S/c1-4-5-7(11(16)17)12-10(15)9-8(6(2)3)13-14-18-9/h6-7H,4-5H2,1-3H3,(H,12,15)(H,16,17)/t7-/m1/s1. The number of rotatable bonds is 6. The Bertz CT molecular complexity index is 431. The van der Waals surface area contributed by atoms with Crippen molar-refractivity contribution in [2.75, 3.05) is 0 Å². The molecule has 0 aromatic carbocycles. The van der Waals surface area contributed by atoms with Gasteiger partial charge in [0.2, 0.25) is 0 Å². The molecule has 100 valence electrons. The minimum atomic E-state index is -1.02. The van der Waals surface area contributed by atoms with Gasteiger partial charge in [0.25, 0.3) is 5.91 Å². The van der Waals surface area contributed by atoms with Crippen LogP contribution in [0.3, 0.4) is 0 Å². The smallest absolute Gasteiger partial charge is 0.326 e. The fourth-order valence-electron chi connectivity index (χ4n) is 1.50. The maximum absolute atomic E-state index is 12.0. The fourth-order valence-corrected chi connectivity index (χ4v) is 2.23. The first-order valence-electron chi connectivity index (χ1n) is 5.83. The van der Waals surface area contributed by atoms with Crippen LogP contribution in [0.2, 0.25) is 0 Å². The first-order valence-corrected chi connectivity index (χ1v) is 6.60. The van der Waals surface area contributed by atoms with Crippen molar-refractivity contribution in [3.8, 4) is 0 Å². The zero-order valence-corrected chi connectivity index (χ0v) is 11.5. The molecule has 0 fully saturated rings. The monoisotopic (exact) mass is 271 g/mol. The summed E-state index contributed by atoms with van der Waals surface area (Å²) in [4.78, 5) is 23.3. The quantitative estimate of drug-likeness (QED) is 0.820. The molecule has 18 heavy (non-hydrogen) atoms. The number of hydrogen-bond acceptors (Lipinski definition) is 5. The molecule has 0 radical (unpaired) electrons. The molecule has 0 aliphatic heterocycles. The van der Waals surface area contributed by atoms with Crippen LogP contribution in [0.15, 0.2) is 0 Å². The van der Waals surface area contributed by atoms with Crippen LogP contribution in [0.5, 0.6) is 0 Å². The number of aliphatic carboxylic acids is 1. The Hall–Kier alpha value is -1.50. The first kappa shape index (κ1) is 14.6. The molecular weight excluding hydrogens is 254 g/mol. The molecular formula is C11H17N3O3S. The molecule has 0 saturated heterocycles. The van der Waals surface area contributed by atoms with Gasteiger partial charge in [-0.25, -0.2) is 4.79 Å². The first-order chi connectivity index (χ1) is 8.47. The molecule has 0 spiro atoms. The van der Waals surface area contributed by atoms with E-state index in [9.17, 15) is 9.59 Å². The summed E-state index contributed by atoms with van der Waals surface area (Å²) in [6.45, 7) is 5.69. The van der Waals surface area contributed by atoms with Crippen molar-refractivity contribution in [2.45, 2.75) is 45.6 Å². The third-order valence-electron chi connectivity index (χ3n) is 2.45. The minimum Gasteiger partial charge on any atom is -0.480 e. The zero-order valence-electron chi connectivity index (χ0n) is 10.6. The van der Waals surface area contributed by atoms with Crippen LogP contribution in [-0.4, -0.2) is 32.6 Å². The average molecular weight is 271 g/mol. The van der Waals surface area contributed by atoms with Crippen LogP contribution >= 0.6 is 11.5 Å². The summed E-state index contributed by atoms with van der Waals surface area (Å²) in [5.41, 5.74) is 0.609. The van der Waals surface area contributed by atoms with E-state index < -0.39 is 17.9 Å². The molecule has 1 aromatic heterocycles. The van der Waals surface area contributed by atoms with Crippen molar-refractivity contribution in [1.82, 2.24) is 14.9 Å². The number of carboxylic acid groups (broad SMARTS) is 1. The molecule has 1 aromatic rings. The predicted octanol–water partition coefficient (Wildman–Crippen LogP) is 1.64. The lowest BCUT2D eigenvalue weighted by Gasteiger charge is -2.13. The lowest BCUT2D eigenvalue weighted by atomic mass is 10.1. The van der Waals surface area contributed by atoms with Gasteiger partial charge in [0.1, 0.15) is 10.9 Å². The molecule has 1 atom stereocenters. The second kappa shape index (κ2) is 6.44. The fraction of sp³-hybridized carbons (Fsp3) is 0.636. The van der Waals surface area contributed by atoms with E-state index in [2.05, 4.69) is 14.9 Å². The summed E-state index contributed by atoms with van der Waals surface area (Å²) in [7, 11) is 0. The summed E-state index contributed by atoms with van der Waals surface area (Å²) < 4.78 is 3.75. The molecule has 0 bridgehead atoms. The molecule has 1 rings (SSSR count). The molecule has 1 heterocycles. The number of amides is 1. The van der Waals surface area contributed by atoms with Crippen molar-refractivity contribution in [3.05, 3.63) is 10.6 Å². The van der Waals surface area contributed by atoms with Crippen molar-refractivity contribution in [1.29, 1.82) is 0 Å². The number of nitrogens with zero attached hydrogens (tertiary/aromatic N) is 2. The number of nitrogens with one attached hydrogen (secondary N) is 1. The van der Waals surface area contributed by atoms with E-state index in [4.69, 9.17) is 5.11 Å². The second-order valence-corrected chi connectivity index (χ2v) is 5.05. The molecule has 6 nitrogen and oxygen atoms in total. The lowest BCUT2D eigenvalue weighted by molar-refractivity contribution is -0.139. The largest absolute Gasteiger partial charge is 0.480 e. The third-order valence-corrected chi connectivity index (χ3v) is 3.19. The van der Waals surface area contributed by atoms with E-state index in [1.807, 2.05) is 20.8 Å². The van der Waals surface area contributed by atoms with Crippen molar-refractivity contribution >= 4 is 23.4 Å². The summed E-state index contributed by atoms with van der Waals surface area (Å²) in [5.74, 6) is -1.35. The van der Waals surface area contributed by atoms with Gasteiger partial charge in [0.15, 0.2) is 0 Å². The van der Waals surface area contributed by atoms with Crippen LogP contribution in [0, 0.1) is 0 Å². The van der Waals surface area contributed by atoms with Crippen LogP contribution in [-0.2, 0) is 4.79 Å². The Balaban J connectivity index is 2.80. The van der Waals surface area contributed by atoms with E-state index >= 15 is 0 Å². The molecule has 2 N–H and O–H groups in total. The van der Waals surface area contributed by atoms with E-state index in [-0.39, 0.29) is 5.92 Å². The highest BCUT2D eigenvalue weighted by Crippen LogP contribution is 2.19. The van der Waals surface area contributed by atoms with Gasteiger partial charge >= 0.3 is 5.97 Å². The Morgan fingerprint density at radius 3 is 2.61 bits per heavy atom. The highest BCUT2D eigenvalue weighted by atomic mass is 32.1. The molecule has 0 aliphatic carbocycles. The Morgan fingerprint density at radius 2 is 2.11 bits per heavy atom. The van der Waals surface area contributed by atoms with E-state index in [0.717, 1.165) is 11.5 Å². The maximum Gasteiger partial charge on any atom is 0.326 e. The zero-order chi connectivity index (χ0) is 13.7. The molecule has 0 saturated carbocycles. The van der Waals surface area contributed by atoms with Gasteiger partial charge in [-0.3, -0.25) is 4.79 Å². The van der Waals surface area contributed by atoms with Crippen LogP contribution in [0.25, 0.3) is 0 Å². The van der Waals surface area contributed by atoms with Crippen LogP contribution in [0.4, 0.5) is 0 Å². The van der Waals surface area contributed by atoms with Crippen molar-refractivity contribution in [2.24, 2.45) is 0 Å². The summed E-state index contributed by atoms with van der Waals surface area (Å²) in [6, 6.07) is -0.857. The molecule has 7 heteroatoms. The Labute approximate surface area is 110 Å². The van der Waals surface area contributed by atoms with Gasteiger partial charge in [-0.05, 0) is 23.9 Å². The van der Waals surface area contributed by atoms with Crippen molar-refractivity contribution in [3.63, 3.8) is 0 Å². The average Bonchev–Trinajstić information content (AvgIpc) is 2.77. The molecule has 0 aliphatic rings. The minimum absolute atomic E-state index is 0.0824. The van der Waals surface area contributed by atoms with Gasteiger partial charge in [-0.15, -0.1) is 5.10 Å². The van der Waals surface area contributed by atoms with Crippen LogP contribution < -0.4 is 5.32 Å². The molecule has 0 unspecified atom stereocenters. The van der Waals surface area contributed by atoms with Gasteiger partial charge in [-0.1, -0.05) is 31.7 Å². The SMILES string of the molecule is CCC[C@@H](NC(=O)c1snnc1C(C)C)C(=O)O. The lowest BCUT2D eigenvalue weighted by Crippen LogP contribution is -2.40.